The van der Waals surface area contributed by atoms with Crippen molar-refractivity contribution in [3.63, 3.8) is 0 Å². The Labute approximate surface area is 173 Å². The molecule has 3 heterocycles. The molecule has 0 radical (unpaired) electrons. The number of nitrogen functional groups attached to an aromatic ring is 1. The summed E-state index contributed by atoms with van der Waals surface area (Å²) < 4.78 is 54.0. The van der Waals surface area contributed by atoms with Gasteiger partial charge in [-0.1, -0.05) is 0 Å². The van der Waals surface area contributed by atoms with E-state index >= 15 is 0 Å². The molecule has 0 saturated carbocycles. The Kier molecular flexibility index (Phi) is 6.71. The third-order valence-electron chi connectivity index (χ3n) is 4.17. The number of phosphoric ester groups is 1. The van der Waals surface area contributed by atoms with Crippen LogP contribution in [0.3, 0.4) is 0 Å². The van der Waals surface area contributed by atoms with Gasteiger partial charge in [-0.05, 0) is 0 Å². The molecule has 17 nitrogen and oxygen atoms in total. The van der Waals surface area contributed by atoms with E-state index in [4.69, 9.17) is 10.5 Å². The predicted molar refractivity (Wildman–Crippen MR) is 99.2 cm³/mol. The molecule has 0 bridgehead atoms. The third-order valence-corrected chi connectivity index (χ3v) is 10.5. The number of nitrogens with two attached hydrogens (primary N) is 1. The van der Waals surface area contributed by atoms with Crippen LogP contribution < -0.4 is 5.73 Å². The molecular weight excluding hydrogens is 487 g/mol. The van der Waals surface area contributed by atoms with Crippen molar-refractivity contribution in [2.75, 3.05) is 19.5 Å². The number of aliphatic hydroxyl groups is 2. The van der Waals surface area contributed by atoms with E-state index in [1.54, 1.807) is 0 Å². The van der Waals surface area contributed by atoms with Crippen LogP contribution in [0, 0.1) is 0 Å². The van der Waals surface area contributed by atoms with Crippen LogP contribution in [0.1, 0.15) is 6.23 Å². The summed E-state index contributed by atoms with van der Waals surface area (Å²) in [6, 6.07) is 0. The highest BCUT2D eigenvalue weighted by Gasteiger charge is 2.51. The molecular formula is C11H18N5O12P3. The number of aromatic nitrogens is 4. The molecule has 2 aromatic heterocycles. The van der Waals surface area contributed by atoms with Gasteiger partial charge in [0.05, 0.1) is 12.9 Å². The molecule has 20 heteroatoms. The summed E-state index contributed by atoms with van der Waals surface area (Å²) in [5, 5.41) is 20.5. The summed E-state index contributed by atoms with van der Waals surface area (Å²) in [7, 11) is -15.7. The van der Waals surface area contributed by atoms with Gasteiger partial charge >= 0.3 is 22.4 Å². The first kappa shape index (κ1) is 24.3. The van der Waals surface area contributed by atoms with E-state index in [0.717, 1.165) is 6.33 Å². The fourth-order valence-electron chi connectivity index (χ4n) is 2.63. The van der Waals surface area contributed by atoms with Crippen LogP contribution >= 0.6 is 22.4 Å². The Morgan fingerprint density at radius 3 is 2.45 bits per heavy atom. The molecule has 174 valence electrons. The number of anilines is 1. The lowest BCUT2D eigenvalue weighted by atomic mass is 10.1. The number of phosphoric acid groups is 1. The van der Waals surface area contributed by atoms with Crippen molar-refractivity contribution in [1.82, 2.24) is 19.5 Å². The zero-order valence-electron chi connectivity index (χ0n) is 15.5. The van der Waals surface area contributed by atoms with Gasteiger partial charge in [-0.25, -0.2) is 28.6 Å². The number of fused-ring (bicyclic) bond motifs is 1. The second-order valence-corrected chi connectivity index (χ2v) is 13.3. The molecule has 0 spiro atoms. The van der Waals surface area contributed by atoms with Crippen molar-refractivity contribution in [2.45, 2.75) is 24.5 Å². The molecule has 7 atom stereocenters. The fourth-order valence-corrected chi connectivity index (χ4v) is 7.08. The monoisotopic (exact) mass is 505 g/mol. The number of rotatable bonds is 8. The minimum absolute atomic E-state index is 0.0562. The van der Waals surface area contributed by atoms with Crippen molar-refractivity contribution in [2.24, 2.45) is 0 Å². The van der Waals surface area contributed by atoms with Crippen LogP contribution in [-0.2, 0) is 31.8 Å². The highest BCUT2D eigenvalue weighted by Crippen LogP contribution is 2.82. The standard InChI is InChI=1S/C11H18N5O12P3/c1-25-30(21,22)31(23,24)28-29(19,20)26-2-5-7(17)8(18)11(27-5)16-4-15-6-9(12)13-3-14-10(6)16/h3-5,7-8,11,17-18H,2H2,1H3,(H,19,20)(H,21,22)(H,23,24)(H2,12,13,14). The number of nitrogens with zero attached hydrogens (tertiary/aromatic N) is 4. The van der Waals surface area contributed by atoms with Crippen LogP contribution in [0.5, 0.6) is 0 Å². The smallest absolute Gasteiger partial charge is 0.387 e. The van der Waals surface area contributed by atoms with E-state index in [1.807, 2.05) is 0 Å². The number of imidazole rings is 1. The SMILES string of the molecule is COP(=O)(O)P(=O)(O)OP(=O)(O)OCC1OC(n2cnc3c(N)ncnc32)C(O)C1O. The Hall–Kier alpha value is -1.32. The minimum Gasteiger partial charge on any atom is -0.387 e. The Bertz CT molecular complexity index is 1110. The maximum atomic E-state index is 11.9. The average Bonchev–Trinajstić information content (AvgIpc) is 3.22. The van der Waals surface area contributed by atoms with Crippen molar-refractivity contribution < 1.29 is 56.7 Å². The Morgan fingerprint density at radius 2 is 1.81 bits per heavy atom. The maximum absolute atomic E-state index is 11.9. The van der Waals surface area contributed by atoms with Crippen molar-refractivity contribution in [1.29, 1.82) is 0 Å². The van der Waals surface area contributed by atoms with Gasteiger partial charge in [0.1, 0.15) is 30.2 Å². The average molecular weight is 505 g/mol. The number of ether oxygens (including phenoxy) is 1. The largest absolute Gasteiger partial charge is 0.479 e. The molecule has 3 rings (SSSR count). The lowest BCUT2D eigenvalue weighted by molar-refractivity contribution is -0.0501. The molecule has 1 saturated heterocycles. The van der Waals surface area contributed by atoms with Crippen LogP contribution in [0.2, 0.25) is 0 Å². The van der Waals surface area contributed by atoms with Gasteiger partial charge in [0, 0.05) is 7.11 Å². The van der Waals surface area contributed by atoms with Gasteiger partial charge in [-0.2, -0.15) is 4.31 Å². The van der Waals surface area contributed by atoms with Crippen LogP contribution in [-0.4, -0.2) is 76.4 Å². The van der Waals surface area contributed by atoms with E-state index in [2.05, 4.69) is 28.3 Å². The quantitative estimate of drug-likeness (QED) is 0.237. The number of hydrogen-bond acceptors (Lipinski definition) is 13. The maximum Gasteiger partial charge on any atom is 0.479 e. The highest BCUT2D eigenvalue weighted by molar-refractivity contribution is 8.27. The highest BCUT2D eigenvalue weighted by atomic mass is 32.1. The number of aliphatic hydroxyl groups excluding tert-OH is 2. The van der Waals surface area contributed by atoms with Crippen molar-refractivity contribution in [3.05, 3.63) is 12.7 Å². The van der Waals surface area contributed by atoms with Gasteiger partial charge in [-0.15, -0.1) is 0 Å². The molecule has 0 amide bonds. The zero-order chi connectivity index (χ0) is 23.2. The fraction of sp³-hybridized carbons (Fsp3) is 0.545. The van der Waals surface area contributed by atoms with Gasteiger partial charge in [0.15, 0.2) is 17.7 Å². The first-order valence-electron chi connectivity index (χ1n) is 8.15. The van der Waals surface area contributed by atoms with Gasteiger partial charge in [-0.3, -0.25) is 9.09 Å². The van der Waals surface area contributed by atoms with Gasteiger partial charge in [0.25, 0.3) is 0 Å². The van der Waals surface area contributed by atoms with E-state index in [1.165, 1.54) is 10.9 Å². The van der Waals surface area contributed by atoms with Gasteiger partial charge in [0.2, 0.25) is 0 Å². The van der Waals surface area contributed by atoms with E-state index in [-0.39, 0.29) is 17.0 Å². The van der Waals surface area contributed by atoms with Crippen LogP contribution in [0.4, 0.5) is 5.82 Å². The van der Waals surface area contributed by atoms with Crippen LogP contribution in [0.25, 0.3) is 11.2 Å². The molecule has 7 N–H and O–H groups in total. The summed E-state index contributed by atoms with van der Waals surface area (Å²) >= 11 is 0. The molecule has 0 aromatic carbocycles. The summed E-state index contributed by atoms with van der Waals surface area (Å²) in [4.78, 5) is 39.9. The summed E-state index contributed by atoms with van der Waals surface area (Å²) in [5.74, 6) is 0.0562. The normalized spacial score (nSPS) is 30.0. The second-order valence-electron chi connectivity index (χ2n) is 6.14. The molecule has 2 aromatic rings. The van der Waals surface area contributed by atoms with E-state index in [0.29, 0.717) is 7.11 Å². The summed E-state index contributed by atoms with van der Waals surface area (Å²) in [5.41, 5.74) is 6.05. The zero-order valence-corrected chi connectivity index (χ0v) is 18.2. The lowest BCUT2D eigenvalue weighted by Gasteiger charge is -2.20. The lowest BCUT2D eigenvalue weighted by Crippen LogP contribution is -2.33. The molecule has 0 aliphatic carbocycles. The first-order chi connectivity index (χ1) is 14.3. The van der Waals surface area contributed by atoms with Crippen molar-refractivity contribution in [3.8, 4) is 0 Å². The Morgan fingerprint density at radius 1 is 1.13 bits per heavy atom. The molecule has 7 unspecified atom stereocenters. The second kappa shape index (κ2) is 8.56. The number of hydrogen-bond donors (Lipinski definition) is 6. The predicted octanol–water partition coefficient (Wildman–Crippen LogP) is -0.907. The first-order valence-corrected chi connectivity index (χ1v) is 13.5. The minimum atomic E-state index is -5.63. The van der Waals surface area contributed by atoms with Crippen molar-refractivity contribution >= 4 is 39.4 Å². The van der Waals surface area contributed by atoms with E-state index in [9.17, 15) is 38.6 Å². The molecule has 1 aliphatic heterocycles. The summed E-state index contributed by atoms with van der Waals surface area (Å²) in [6.07, 6.45) is -3.56. The molecule has 1 aliphatic rings. The topological polar surface area (TPSA) is 259 Å². The third kappa shape index (κ3) is 4.73. The van der Waals surface area contributed by atoms with Crippen LogP contribution in [0.15, 0.2) is 12.7 Å². The van der Waals surface area contributed by atoms with Gasteiger partial charge < -0.3 is 39.9 Å². The molecule has 31 heavy (non-hydrogen) atoms. The molecule has 1 fully saturated rings. The Balaban J connectivity index is 1.72. The summed E-state index contributed by atoms with van der Waals surface area (Å²) in [6.45, 7) is -0.922. The van der Waals surface area contributed by atoms with E-state index < -0.39 is 53.5 Å².